The number of thioether (sulfide) groups is 1. The van der Waals surface area contributed by atoms with Crippen LogP contribution in [0.2, 0.25) is 0 Å². The Kier molecular flexibility index (Phi) is 4.27. The number of nitrogens with zero attached hydrogens (tertiary/aromatic N) is 3. The van der Waals surface area contributed by atoms with E-state index in [1.807, 2.05) is 25.3 Å². The minimum Gasteiger partial charge on any atom is -0.301 e. The molecule has 1 unspecified atom stereocenters. The van der Waals surface area contributed by atoms with Crippen LogP contribution >= 0.6 is 23.1 Å². The van der Waals surface area contributed by atoms with E-state index in [0.29, 0.717) is 10.3 Å². The van der Waals surface area contributed by atoms with Gasteiger partial charge in [0, 0.05) is 23.5 Å². The molecule has 0 saturated carbocycles. The lowest BCUT2D eigenvalue weighted by atomic mass is 10.4. The zero-order valence-corrected chi connectivity index (χ0v) is 11.6. The highest BCUT2D eigenvalue weighted by atomic mass is 32.2. The predicted molar refractivity (Wildman–Crippen MR) is 72.8 cm³/mol. The molecule has 0 aliphatic carbocycles. The van der Waals surface area contributed by atoms with E-state index >= 15 is 0 Å². The summed E-state index contributed by atoms with van der Waals surface area (Å²) in [5.74, 6) is -0.0972. The van der Waals surface area contributed by atoms with Gasteiger partial charge in [-0.2, -0.15) is 0 Å². The third-order valence-electron chi connectivity index (χ3n) is 2.09. The first kappa shape index (κ1) is 13.0. The molecular weight excluding hydrogens is 268 g/mol. The number of carbonyl (C=O) groups excluding carboxylic acids is 1. The first-order chi connectivity index (χ1) is 8.65. The van der Waals surface area contributed by atoms with Gasteiger partial charge in [-0.05, 0) is 19.9 Å². The van der Waals surface area contributed by atoms with E-state index in [0.717, 1.165) is 5.69 Å². The first-order valence-corrected chi connectivity index (χ1v) is 7.08. The van der Waals surface area contributed by atoms with Crippen LogP contribution in [0.25, 0.3) is 0 Å². The number of hydrogen-bond acceptors (Lipinski definition) is 6. The first-order valence-electron chi connectivity index (χ1n) is 5.32. The highest BCUT2D eigenvalue weighted by Crippen LogP contribution is 2.21. The van der Waals surface area contributed by atoms with Crippen molar-refractivity contribution in [2.45, 2.75) is 24.3 Å². The average Bonchev–Trinajstić information content (AvgIpc) is 2.81. The molecule has 2 rings (SSSR count). The van der Waals surface area contributed by atoms with Crippen molar-refractivity contribution in [2.75, 3.05) is 5.32 Å². The number of aryl methyl sites for hydroxylation is 1. The number of nitrogens with one attached hydrogen (secondary N) is 1. The monoisotopic (exact) mass is 280 g/mol. The summed E-state index contributed by atoms with van der Waals surface area (Å²) in [6.45, 7) is 3.71. The second-order valence-electron chi connectivity index (χ2n) is 3.57. The normalized spacial score (nSPS) is 12.1. The van der Waals surface area contributed by atoms with Gasteiger partial charge in [-0.25, -0.2) is 15.0 Å². The molecule has 0 bridgehead atoms. The number of rotatable bonds is 4. The molecule has 0 fully saturated rings. The smallest absolute Gasteiger partial charge is 0.239 e. The SMILES string of the molecule is Cc1ccnc(SC(C)C(=O)Nc2nccs2)n1. The third-order valence-corrected chi connectivity index (χ3v) is 3.75. The Bertz CT molecular complexity index is 530. The average molecular weight is 280 g/mol. The van der Waals surface area contributed by atoms with Gasteiger partial charge in [-0.1, -0.05) is 11.8 Å². The number of anilines is 1. The molecule has 2 aromatic rings. The minimum absolute atomic E-state index is 0.0972. The molecule has 0 aliphatic heterocycles. The standard InChI is InChI=1S/C11H12N4OS2/c1-7-3-4-12-11(14-7)18-8(2)9(16)15-10-13-5-6-17-10/h3-6,8H,1-2H3,(H,13,15,16). The lowest BCUT2D eigenvalue weighted by molar-refractivity contribution is -0.115. The van der Waals surface area contributed by atoms with Crippen molar-refractivity contribution in [3.8, 4) is 0 Å². The second-order valence-corrected chi connectivity index (χ2v) is 5.77. The van der Waals surface area contributed by atoms with Crippen molar-refractivity contribution in [1.29, 1.82) is 0 Å². The summed E-state index contributed by atoms with van der Waals surface area (Å²) >= 11 is 2.72. The van der Waals surface area contributed by atoms with Crippen molar-refractivity contribution in [1.82, 2.24) is 15.0 Å². The molecular formula is C11H12N4OS2. The molecule has 1 N–H and O–H groups in total. The maximum Gasteiger partial charge on any atom is 0.239 e. The minimum atomic E-state index is -0.268. The van der Waals surface area contributed by atoms with Gasteiger partial charge in [-0.15, -0.1) is 11.3 Å². The highest BCUT2D eigenvalue weighted by Gasteiger charge is 2.16. The van der Waals surface area contributed by atoms with Gasteiger partial charge in [0.25, 0.3) is 0 Å². The van der Waals surface area contributed by atoms with E-state index in [9.17, 15) is 4.79 Å². The van der Waals surface area contributed by atoms with Crippen LogP contribution < -0.4 is 5.32 Å². The molecule has 0 radical (unpaired) electrons. The molecule has 7 heteroatoms. The molecule has 0 saturated heterocycles. The summed E-state index contributed by atoms with van der Waals surface area (Å²) in [6.07, 6.45) is 3.35. The molecule has 1 atom stereocenters. The maximum absolute atomic E-state index is 11.9. The highest BCUT2D eigenvalue weighted by molar-refractivity contribution is 8.00. The van der Waals surface area contributed by atoms with Gasteiger partial charge in [0.05, 0.1) is 5.25 Å². The Morgan fingerprint density at radius 3 is 2.94 bits per heavy atom. The van der Waals surface area contributed by atoms with Crippen LogP contribution in [-0.4, -0.2) is 26.1 Å². The van der Waals surface area contributed by atoms with Crippen molar-refractivity contribution in [3.05, 3.63) is 29.5 Å². The molecule has 2 heterocycles. The van der Waals surface area contributed by atoms with Crippen LogP contribution in [0.4, 0.5) is 5.13 Å². The van der Waals surface area contributed by atoms with E-state index in [1.54, 1.807) is 12.4 Å². The fourth-order valence-corrected chi connectivity index (χ4v) is 2.52. The van der Waals surface area contributed by atoms with Crippen LogP contribution in [0.1, 0.15) is 12.6 Å². The Balaban J connectivity index is 1.95. The third kappa shape index (κ3) is 3.51. The van der Waals surface area contributed by atoms with Gasteiger partial charge < -0.3 is 5.32 Å². The zero-order chi connectivity index (χ0) is 13.0. The Morgan fingerprint density at radius 2 is 2.28 bits per heavy atom. The predicted octanol–water partition coefficient (Wildman–Crippen LogP) is 2.36. The van der Waals surface area contributed by atoms with Crippen LogP contribution in [0.3, 0.4) is 0 Å². The van der Waals surface area contributed by atoms with Crippen LogP contribution in [-0.2, 0) is 4.79 Å². The fraction of sp³-hybridized carbons (Fsp3) is 0.273. The number of amides is 1. The van der Waals surface area contributed by atoms with Crippen LogP contribution in [0, 0.1) is 6.92 Å². The van der Waals surface area contributed by atoms with Gasteiger partial charge in [0.2, 0.25) is 5.91 Å². The molecule has 0 aromatic carbocycles. The van der Waals surface area contributed by atoms with Gasteiger partial charge in [-0.3, -0.25) is 4.79 Å². The van der Waals surface area contributed by atoms with E-state index in [1.165, 1.54) is 23.1 Å². The number of carbonyl (C=O) groups is 1. The van der Waals surface area contributed by atoms with E-state index < -0.39 is 0 Å². The van der Waals surface area contributed by atoms with Crippen molar-refractivity contribution < 1.29 is 4.79 Å². The Morgan fingerprint density at radius 1 is 1.44 bits per heavy atom. The lowest BCUT2D eigenvalue weighted by Crippen LogP contribution is -2.22. The summed E-state index contributed by atoms with van der Waals surface area (Å²) in [5.41, 5.74) is 0.889. The Hall–Kier alpha value is -1.47. The van der Waals surface area contributed by atoms with E-state index in [2.05, 4.69) is 20.3 Å². The lowest BCUT2D eigenvalue weighted by Gasteiger charge is -2.09. The molecule has 5 nitrogen and oxygen atoms in total. The van der Waals surface area contributed by atoms with E-state index in [4.69, 9.17) is 0 Å². The van der Waals surface area contributed by atoms with Gasteiger partial charge >= 0.3 is 0 Å². The second kappa shape index (κ2) is 5.92. The summed E-state index contributed by atoms with van der Waals surface area (Å²) in [4.78, 5) is 24.3. The van der Waals surface area contributed by atoms with Crippen LogP contribution in [0.5, 0.6) is 0 Å². The molecule has 94 valence electrons. The summed E-state index contributed by atoms with van der Waals surface area (Å²) in [5, 5.41) is 5.51. The van der Waals surface area contributed by atoms with E-state index in [-0.39, 0.29) is 11.2 Å². The summed E-state index contributed by atoms with van der Waals surface area (Å²) in [6, 6.07) is 1.82. The number of thiazole rings is 1. The molecule has 2 aromatic heterocycles. The topological polar surface area (TPSA) is 67.8 Å². The summed E-state index contributed by atoms with van der Waals surface area (Å²) in [7, 11) is 0. The summed E-state index contributed by atoms with van der Waals surface area (Å²) < 4.78 is 0. The molecule has 0 aliphatic rings. The number of hydrogen-bond donors (Lipinski definition) is 1. The van der Waals surface area contributed by atoms with Gasteiger partial charge in [0.1, 0.15) is 0 Å². The largest absolute Gasteiger partial charge is 0.301 e. The number of aromatic nitrogens is 3. The Labute approximate surface area is 113 Å². The van der Waals surface area contributed by atoms with Crippen molar-refractivity contribution in [2.24, 2.45) is 0 Å². The quantitative estimate of drug-likeness (QED) is 0.688. The maximum atomic E-state index is 11.9. The molecule has 1 amide bonds. The van der Waals surface area contributed by atoms with Crippen LogP contribution in [0.15, 0.2) is 29.0 Å². The van der Waals surface area contributed by atoms with Gasteiger partial charge in [0.15, 0.2) is 10.3 Å². The molecule has 18 heavy (non-hydrogen) atoms. The fourth-order valence-electron chi connectivity index (χ4n) is 1.19. The van der Waals surface area contributed by atoms with Crippen molar-refractivity contribution >= 4 is 34.1 Å². The molecule has 0 spiro atoms. The zero-order valence-electron chi connectivity index (χ0n) is 9.95. The van der Waals surface area contributed by atoms with Crippen molar-refractivity contribution in [3.63, 3.8) is 0 Å².